The molecule has 0 radical (unpaired) electrons. The Morgan fingerprint density at radius 1 is 0.812 bits per heavy atom. The summed E-state index contributed by atoms with van der Waals surface area (Å²) in [6.07, 6.45) is 3.86. The third kappa shape index (κ3) is 4.19. The highest BCUT2D eigenvalue weighted by Gasteiger charge is 2.26. The molecule has 168 valence electrons. The molecule has 0 aliphatic heterocycles. The molecule has 0 aliphatic carbocycles. The summed E-state index contributed by atoms with van der Waals surface area (Å²) in [7, 11) is 7.65. The van der Waals surface area contributed by atoms with E-state index in [2.05, 4.69) is 4.98 Å². The molecule has 0 saturated heterocycles. The van der Waals surface area contributed by atoms with Crippen molar-refractivity contribution in [2.45, 2.75) is 13.3 Å². The number of hydrogen-bond donors (Lipinski definition) is 0. The Balaban J connectivity index is 2.16. The first-order chi connectivity index (χ1) is 15.5. The number of rotatable bonds is 8. The molecule has 32 heavy (non-hydrogen) atoms. The minimum atomic E-state index is -0.410. The highest BCUT2D eigenvalue weighted by Crippen LogP contribution is 2.49. The van der Waals surface area contributed by atoms with Crippen molar-refractivity contribution in [3.63, 3.8) is 0 Å². The molecular weight excluding hydrogens is 410 g/mol. The van der Waals surface area contributed by atoms with Crippen molar-refractivity contribution in [2.24, 2.45) is 0 Å². The molecular formula is C25H27NO6. The lowest BCUT2D eigenvalue weighted by atomic mass is 9.93. The summed E-state index contributed by atoms with van der Waals surface area (Å²) in [4.78, 5) is 16.6. The number of carbonyl (C=O) groups is 1. The Morgan fingerprint density at radius 2 is 1.41 bits per heavy atom. The predicted octanol–water partition coefficient (Wildman–Crippen LogP) is 4.47. The van der Waals surface area contributed by atoms with E-state index in [1.807, 2.05) is 37.3 Å². The minimum absolute atomic E-state index is 0.410. The Morgan fingerprint density at radius 3 is 1.97 bits per heavy atom. The van der Waals surface area contributed by atoms with Gasteiger partial charge in [-0.25, -0.2) is 4.79 Å². The normalized spacial score (nSPS) is 10.4. The number of benzene rings is 2. The maximum atomic E-state index is 12.6. The van der Waals surface area contributed by atoms with Crippen LogP contribution in [0.2, 0.25) is 0 Å². The van der Waals surface area contributed by atoms with Gasteiger partial charge in [0.25, 0.3) is 0 Å². The van der Waals surface area contributed by atoms with Gasteiger partial charge in [-0.1, -0.05) is 12.1 Å². The molecule has 3 aromatic rings. The molecule has 7 nitrogen and oxygen atoms in total. The average molecular weight is 437 g/mol. The highest BCUT2D eigenvalue weighted by atomic mass is 16.5. The van der Waals surface area contributed by atoms with E-state index in [-0.39, 0.29) is 0 Å². The fourth-order valence-electron chi connectivity index (χ4n) is 3.83. The topological polar surface area (TPSA) is 76.1 Å². The summed E-state index contributed by atoms with van der Waals surface area (Å²) in [5, 5.41) is 0. The van der Waals surface area contributed by atoms with Gasteiger partial charge in [0.1, 0.15) is 0 Å². The van der Waals surface area contributed by atoms with E-state index in [9.17, 15) is 4.79 Å². The van der Waals surface area contributed by atoms with E-state index in [0.29, 0.717) is 35.0 Å². The zero-order chi connectivity index (χ0) is 23.3. The summed E-state index contributed by atoms with van der Waals surface area (Å²) in [6.45, 7) is 1.94. The summed E-state index contributed by atoms with van der Waals surface area (Å²) >= 11 is 0. The van der Waals surface area contributed by atoms with Crippen LogP contribution >= 0.6 is 0 Å². The molecule has 0 spiro atoms. The second-order valence-corrected chi connectivity index (χ2v) is 7.02. The van der Waals surface area contributed by atoms with Gasteiger partial charge in [0, 0.05) is 29.9 Å². The lowest BCUT2D eigenvalue weighted by Gasteiger charge is -2.22. The van der Waals surface area contributed by atoms with Crippen molar-refractivity contribution < 1.29 is 28.5 Å². The van der Waals surface area contributed by atoms with Crippen LogP contribution in [-0.2, 0) is 11.2 Å². The summed E-state index contributed by atoms with van der Waals surface area (Å²) in [5.74, 6) is 1.64. The quantitative estimate of drug-likeness (QED) is 0.481. The maximum absolute atomic E-state index is 12.6. The van der Waals surface area contributed by atoms with E-state index in [4.69, 9.17) is 23.7 Å². The van der Waals surface area contributed by atoms with E-state index in [0.717, 1.165) is 27.8 Å². The molecule has 0 amide bonds. The van der Waals surface area contributed by atoms with Gasteiger partial charge < -0.3 is 23.7 Å². The van der Waals surface area contributed by atoms with Crippen LogP contribution in [0.1, 0.15) is 27.0 Å². The van der Waals surface area contributed by atoms with E-state index in [1.165, 1.54) is 7.11 Å². The van der Waals surface area contributed by atoms with E-state index in [1.54, 1.807) is 40.8 Å². The van der Waals surface area contributed by atoms with Gasteiger partial charge in [-0.15, -0.1) is 0 Å². The number of ether oxygens (including phenoxy) is 5. The van der Waals surface area contributed by atoms with Gasteiger partial charge in [-0.3, -0.25) is 4.98 Å². The van der Waals surface area contributed by atoms with Gasteiger partial charge in [-0.05, 0) is 41.8 Å². The molecule has 0 N–H and O–H groups in total. The maximum Gasteiger partial charge on any atom is 0.338 e. The lowest BCUT2D eigenvalue weighted by Crippen LogP contribution is -2.07. The number of carbonyl (C=O) groups excluding carboxylic acids is 1. The summed E-state index contributed by atoms with van der Waals surface area (Å²) in [5.41, 5.74) is 4.76. The number of pyridine rings is 1. The lowest BCUT2D eigenvalue weighted by molar-refractivity contribution is 0.0601. The predicted molar refractivity (Wildman–Crippen MR) is 121 cm³/mol. The van der Waals surface area contributed by atoms with Crippen LogP contribution in [-0.4, -0.2) is 46.5 Å². The first-order valence-electron chi connectivity index (χ1n) is 9.97. The molecule has 0 unspecified atom stereocenters. The molecule has 2 aromatic carbocycles. The molecule has 0 atom stereocenters. The fraction of sp³-hybridized carbons (Fsp3) is 0.280. The highest BCUT2D eigenvalue weighted by molar-refractivity contribution is 5.97. The van der Waals surface area contributed by atoms with E-state index < -0.39 is 5.97 Å². The largest absolute Gasteiger partial charge is 0.492 e. The van der Waals surface area contributed by atoms with Crippen molar-refractivity contribution >= 4 is 5.97 Å². The van der Waals surface area contributed by atoms with Gasteiger partial charge in [-0.2, -0.15) is 0 Å². The first-order valence-corrected chi connectivity index (χ1v) is 9.97. The van der Waals surface area contributed by atoms with Crippen LogP contribution in [0.5, 0.6) is 23.0 Å². The molecule has 0 aliphatic rings. The van der Waals surface area contributed by atoms with Crippen molar-refractivity contribution in [2.75, 3.05) is 35.5 Å². The minimum Gasteiger partial charge on any atom is -0.492 e. The SMILES string of the molecule is COC(=O)c1cc(Cc2c(C)c(OC)c(OC)c(OC)c2OC)ccc1-c1ccncc1. The number of nitrogens with zero attached hydrogens (tertiary/aromatic N) is 1. The van der Waals surface area contributed by atoms with E-state index >= 15 is 0 Å². The van der Waals surface area contributed by atoms with Crippen molar-refractivity contribution in [1.82, 2.24) is 4.98 Å². The van der Waals surface area contributed by atoms with Crippen LogP contribution in [0.25, 0.3) is 11.1 Å². The molecule has 1 heterocycles. The van der Waals surface area contributed by atoms with Crippen molar-refractivity contribution in [3.8, 4) is 34.1 Å². The van der Waals surface area contributed by atoms with Crippen LogP contribution in [0.4, 0.5) is 0 Å². The van der Waals surface area contributed by atoms with Crippen LogP contribution in [0.15, 0.2) is 42.7 Å². The Bertz CT molecular complexity index is 1110. The van der Waals surface area contributed by atoms with Gasteiger partial charge >= 0.3 is 5.97 Å². The zero-order valence-corrected chi connectivity index (χ0v) is 19.1. The molecule has 0 fully saturated rings. The number of esters is 1. The second-order valence-electron chi connectivity index (χ2n) is 7.02. The Kier molecular flexibility index (Phi) is 7.20. The van der Waals surface area contributed by atoms with Gasteiger partial charge in [0.15, 0.2) is 11.5 Å². The summed E-state index contributed by atoms with van der Waals surface area (Å²) < 4.78 is 27.4. The fourth-order valence-corrected chi connectivity index (χ4v) is 3.83. The molecule has 0 saturated carbocycles. The standard InChI is InChI=1S/C25H27NO6/c1-15-19(22(29-3)24(31-5)23(30-4)21(15)28-2)13-16-7-8-18(17-9-11-26-12-10-17)20(14-16)25(27)32-6/h7-12,14H,13H2,1-6H3. The number of aromatic nitrogens is 1. The van der Waals surface area contributed by atoms with Crippen LogP contribution in [0.3, 0.4) is 0 Å². The molecule has 1 aromatic heterocycles. The van der Waals surface area contributed by atoms with Crippen LogP contribution in [0, 0.1) is 6.92 Å². The average Bonchev–Trinajstić information content (AvgIpc) is 2.84. The van der Waals surface area contributed by atoms with Crippen molar-refractivity contribution in [3.05, 3.63) is 65.0 Å². The van der Waals surface area contributed by atoms with Gasteiger partial charge in [0.2, 0.25) is 11.5 Å². The van der Waals surface area contributed by atoms with Crippen LogP contribution < -0.4 is 18.9 Å². The number of hydrogen-bond acceptors (Lipinski definition) is 7. The van der Waals surface area contributed by atoms with Crippen molar-refractivity contribution in [1.29, 1.82) is 0 Å². The molecule has 3 rings (SSSR count). The zero-order valence-electron chi connectivity index (χ0n) is 19.1. The Hall–Kier alpha value is -3.74. The summed E-state index contributed by atoms with van der Waals surface area (Å²) in [6, 6.07) is 9.44. The third-order valence-corrected chi connectivity index (χ3v) is 5.36. The Labute approximate surface area is 187 Å². The molecule has 7 heteroatoms. The third-order valence-electron chi connectivity index (χ3n) is 5.36. The second kappa shape index (κ2) is 10.0. The number of methoxy groups -OCH3 is 5. The smallest absolute Gasteiger partial charge is 0.338 e. The molecule has 0 bridgehead atoms. The monoisotopic (exact) mass is 437 g/mol. The van der Waals surface area contributed by atoms with Gasteiger partial charge in [0.05, 0.1) is 41.1 Å². The first kappa shape index (κ1) is 22.9.